The monoisotopic (exact) mass is 412 g/mol. The normalized spacial score (nSPS) is 23.3. The van der Waals surface area contributed by atoms with Crippen molar-refractivity contribution in [1.29, 1.82) is 0 Å². The maximum atomic E-state index is 14.6. The van der Waals surface area contributed by atoms with Crippen LogP contribution in [-0.2, 0) is 19.2 Å². The highest BCUT2D eigenvalue weighted by molar-refractivity contribution is 8.01. The van der Waals surface area contributed by atoms with Gasteiger partial charge in [0.25, 0.3) is 5.69 Å². The topological polar surface area (TPSA) is 88.4 Å². The number of rotatable bonds is 7. The van der Waals surface area contributed by atoms with Gasteiger partial charge in [-0.15, -0.1) is 0 Å². The van der Waals surface area contributed by atoms with Gasteiger partial charge >= 0.3 is 0 Å². The van der Waals surface area contributed by atoms with Gasteiger partial charge in [-0.25, -0.2) is 8.51 Å². The van der Waals surface area contributed by atoms with Crippen LogP contribution in [-0.4, -0.2) is 90.5 Å². The lowest BCUT2D eigenvalue weighted by molar-refractivity contribution is -0.385. The average Bonchev–Trinajstić information content (AvgIpc) is 2.90. The van der Waals surface area contributed by atoms with Crippen LogP contribution < -0.4 is 4.90 Å². The van der Waals surface area contributed by atoms with Crippen LogP contribution in [0.15, 0.2) is 17.0 Å². The maximum absolute atomic E-state index is 14.6. The van der Waals surface area contributed by atoms with Gasteiger partial charge in [0.05, 0.1) is 38.4 Å². The zero-order valence-corrected chi connectivity index (χ0v) is 17.7. The first-order valence-electron chi connectivity index (χ1n) is 9.22. The van der Waals surface area contributed by atoms with Crippen molar-refractivity contribution in [2.75, 3.05) is 72.1 Å². The predicted molar refractivity (Wildman–Crippen MR) is 109 cm³/mol. The molecule has 1 aromatic rings. The van der Waals surface area contributed by atoms with Crippen LogP contribution in [0.25, 0.3) is 0 Å². The molecule has 0 N–H and O–H groups in total. The highest BCUT2D eigenvalue weighted by atomic mass is 32.2. The molecule has 1 atom stereocenters. The van der Waals surface area contributed by atoms with Crippen molar-refractivity contribution in [3.63, 3.8) is 0 Å². The average molecular weight is 413 g/mol. The van der Waals surface area contributed by atoms with Gasteiger partial charge in [-0.05, 0) is 19.5 Å². The molecule has 0 saturated carbocycles. The number of fused-ring (bicyclic) bond motifs is 1. The van der Waals surface area contributed by atoms with Gasteiger partial charge in [0.2, 0.25) is 0 Å². The number of aryl methyl sites for hydroxylation is 1. The molecule has 1 fully saturated rings. The summed E-state index contributed by atoms with van der Waals surface area (Å²) in [6.45, 7) is 5.80. The minimum atomic E-state index is -2.84. The number of non-ortho nitro benzene ring substituents is 1. The van der Waals surface area contributed by atoms with Crippen molar-refractivity contribution in [1.82, 2.24) is 9.21 Å². The molecule has 2 heterocycles. The molecule has 2 aliphatic rings. The first-order valence-corrected chi connectivity index (χ1v) is 10.7. The molecule has 1 saturated heterocycles. The summed E-state index contributed by atoms with van der Waals surface area (Å²) in [5.41, 5.74) is 1.47. The number of methoxy groups -OCH3 is 2. The van der Waals surface area contributed by atoms with Crippen LogP contribution >= 0.6 is 0 Å². The Bertz CT molecular complexity index is 873. The lowest BCUT2D eigenvalue weighted by atomic mass is 10.1. The first kappa shape index (κ1) is 21.0. The third-order valence-corrected chi connectivity index (χ3v) is 8.24. The van der Waals surface area contributed by atoms with Gasteiger partial charge in [0, 0.05) is 59.1 Å². The Labute approximate surface area is 166 Å². The Morgan fingerprint density at radius 1 is 1.18 bits per heavy atom. The highest BCUT2D eigenvalue weighted by Gasteiger charge is 2.41. The van der Waals surface area contributed by atoms with E-state index in [4.69, 9.17) is 9.47 Å². The van der Waals surface area contributed by atoms with Crippen molar-refractivity contribution >= 4 is 26.1 Å². The van der Waals surface area contributed by atoms with E-state index in [1.54, 1.807) is 14.2 Å². The van der Waals surface area contributed by atoms with Crippen LogP contribution in [0.5, 0.6) is 0 Å². The van der Waals surface area contributed by atoms with Crippen LogP contribution in [0.1, 0.15) is 5.56 Å². The molecule has 0 aromatic heterocycles. The molecule has 28 heavy (non-hydrogen) atoms. The van der Waals surface area contributed by atoms with Crippen molar-refractivity contribution in [3.05, 3.63) is 27.8 Å². The molecule has 1 unspecified atom stereocenters. The first-order chi connectivity index (χ1) is 13.3. The van der Waals surface area contributed by atoms with Crippen molar-refractivity contribution in [2.45, 2.75) is 11.8 Å². The quantitative estimate of drug-likeness (QED) is 0.374. The molecule has 3 rings (SSSR count). The number of nitro groups is 1. The summed E-state index contributed by atoms with van der Waals surface area (Å²) >= 11 is 0. The largest absolute Gasteiger partial charge is 0.383 e. The maximum Gasteiger partial charge on any atom is 0.271 e. The molecule has 0 amide bonds. The molecule has 0 aliphatic carbocycles. The van der Waals surface area contributed by atoms with E-state index < -0.39 is 14.6 Å². The Morgan fingerprint density at radius 3 is 2.43 bits per heavy atom. The Morgan fingerprint density at radius 2 is 1.86 bits per heavy atom. The van der Waals surface area contributed by atoms with Crippen LogP contribution in [0, 0.1) is 17.0 Å². The minimum absolute atomic E-state index is 0.0385. The molecule has 0 radical (unpaired) electrons. The van der Waals surface area contributed by atoms with E-state index in [1.807, 2.05) is 23.2 Å². The SMILES string of the molecule is COCCN1C(COC)=S(=O)(N2CCN(C)CC2)c2cc([N+](=O)[O-])cc(C)c21. The molecule has 1 aromatic carbocycles. The number of nitrogens with zero attached hydrogens (tertiary/aromatic N) is 4. The third-order valence-electron chi connectivity index (χ3n) is 5.26. The fraction of sp³-hybridized carbons (Fsp3) is 0.611. The second-order valence-corrected chi connectivity index (χ2v) is 9.57. The molecule has 0 bridgehead atoms. The third kappa shape index (κ3) is 3.50. The van der Waals surface area contributed by atoms with Crippen LogP contribution in [0.2, 0.25) is 0 Å². The Hall–Kier alpha value is -1.72. The van der Waals surface area contributed by atoms with Gasteiger partial charge in [-0.2, -0.15) is 0 Å². The van der Waals surface area contributed by atoms with Gasteiger partial charge in [0.15, 0.2) is 0 Å². The molecular formula is C18H28N4O5S. The summed E-state index contributed by atoms with van der Waals surface area (Å²) in [5, 5.41) is 11.5. The van der Waals surface area contributed by atoms with Gasteiger partial charge in [0.1, 0.15) is 4.99 Å². The van der Waals surface area contributed by atoms with E-state index in [9.17, 15) is 14.3 Å². The summed E-state index contributed by atoms with van der Waals surface area (Å²) in [5.74, 6) is 0. The zero-order valence-electron chi connectivity index (χ0n) is 16.8. The van der Waals surface area contributed by atoms with E-state index in [-0.39, 0.29) is 12.3 Å². The Balaban J connectivity index is 2.24. The fourth-order valence-electron chi connectivity index (χ4n) is 3.83. The van der Waals surface area contributed by atoms with Crippen molar-refractivity contribution < 1.29 is 18.6 Å². The molecule has 10 heteroatoms. The number of ether oxygens (including phenoxy) is 2. The van der Waals surface area contributed by atoms with Crippen molar-refractivity contribution in [2.24, 2.45) is 0 Å². The number of piperazine rings is 1. The van der Waals surface area contributed by atoms with Crippen molar-refractivity contribution in [3.8, 4) is 0 Å². The summed E-state index contributed by atoms with van der Waals surface area (Å²) in [4.78, 5) is 16.4. The molecule has 2 aliphatic heterocycles. The Kier molecular flexibility index (Phi) is 6.25. The van der Waals surface area contributed by atoms with E-state index in [1.165, 1.54) is 12.1 Å². The van der Waals surface area contributed by atoms with Gasteiger partial charge < -0.3 is 19.3 Å². The summed E-state index contributed by atoms with van der Waals surface area (Å²) in [6, 6.07) is 3.02. The lowest BCUT2D eigenvalue weighted by Gasteiger charge is -2.34. The van der Waals surface area contributed by atoms with Gasteiger partial charge in [-0.1, -0.05) is 0 Å². The minimum Gasteiger partial charge on any atom is -0.383 e. The number of likely N-dealkylation sites (N-methyl/N-ethyl adjacent to an activating group) is 1. The second-order valence-electron chi connectivity index (χ2n) is 7.10. The summed E-state index contributed by atoms with van der Waals surface area (Å²) in [6.07, 6.45) is 0. The molecule has 156 valence electrons. The molecule has 0 spiro atoms. The van der Waals surface area contributed by atoms with Gasteiger partial charge in [-0.3, -0.25) is 10.1 Å². The van der Waals surface area contributed by atoms with E-state index in [0.717, 1.165) is 24.3 Å². The lowest BCUT2D eigenvalue weighted by Crippen LogP contribution is -2.49. The summed E-state index contributed by atoms with van der Waals surface area (Å²) in [7, 11) is 2.39. The van der Waals surface area contributed by atoms with Crippen LogP contribution in [0.4, 0.5) is 11.4 Å². The number of hydrogen-bond acceptors (Lipinski definition) is 7. The number of nitro benzene ring substituents is 1. The molecular weight excluding hydrogens is 384 g/mol. The fourth-order valence-corrected chi connectivity index (χ4v) is 6.91. The predicted octanol–water partition coefficient (Wildman–Crippen LogP) is 0.952. The smallest absolute Gasteiger partial charge is 0.271 e. The van der Waals surface area contributed by atoms with Crippen LogP contribution in [0.3, 0.4) is 0 Å². The van der Waals surface area contributed by atoms with E-state index in [0.29, 0.717) is 36.1 Å². The molecule has 9 nitrogen and oxygen atoms in total. The van der Waals surface area contributed by atoms with E-state index >= 15 is 0 Å². The second kappa shape index (κ2) is 8.34. The van der Waals surface area contributed by atoms with E-state index in [2.05, 4.69) is 4.90 Å². The highest BCUT2D eigenvalue weighted by Crippen LogP contribution is 2.41. The number of benzene rings is 1. The number of anilines is 1. The standard InChI is InChI=1S/C18H28N4O5S/c1-14-11-15(22(23)24)12-16-18(14)21(9-10-26-3)17(13-27-4)28(16,25)20-7-5-19(2)6-8-20/h11-12H,5-10,13H2,1-4H3. The summed E-state index contributed by atoms with van der Waals surface area (Å²) < 4.78 is 27.2. The number of hydrogen-bond donors (Lipinski definition) is 0. The zero-order chi connectivity index (χ0) is 20.5.